The first-order chi connectivity index (χ1) is 11.3. The average molecular weight is 434 g/mol. The maximum atomic E-state index is 8.94. The first-order valence-electron chi connectivity index (χ1n) is 8.34. The third kappa shape index (κ3) is 5.30. The molecule has 0 atom stereocenters. The van der Waals surface area contributed by atoms with Crippen molar-refractivity contribution in [3.05, 3.63) is 27.3 Å². The highest BCUT2D eigenvalue weighted by Gasteiger charge is 2.15. The van der Waals surface area contributed by atoms with Gasteiger partial charge in [0.05, 0.1) is 11.7 Å². The zero-order valence-corrected chi connectivity index (χ0v) is 18.0. The van der Waals surface area contributed by atoms with E-state index in [1.807, 2.05) is 16.9 Å². The van der Waals surface area contributed by atoms with Gasteiger partial charge in [0.2, 0.25) is 0 Å². The van der Waals surface area contributed by atoms with E-state index in [2.05, 4.69) is 40.7 Å². The number of benzene rings is 1. The summed E-state index contributed by atoms with van der Waals surface area (Å²) in [6.45, 7) is 8.45. The second-order valence-electron chi connectivity index (χ2n) is 7.26. The van der Waals surface area contributed by atoms with E-state index in [4.69, 9.17) is 21.4 Å². The van der Waals surface area contributed by atoms with Crippen LogP contribution < -0.4 is 0 Å². The number of aromatic nitrogens is 2. The fourth-order valence-corrected chi connectivity index (χ4v) is 4.35. The molecule has 0 bridgehead atoms. The van der Waals surface area contributed by atoms with Gasteiger partial charge in [0.1, 0.15) is 6.73 Å². The van der Waals surface area contributed by atoms with Crippen LogP contribution in [0.2, 0.25) is 30.7 Å². The number of rotatable bonds is 9. The number of aliphatic hydroxyl groups is 1. The van der Waals surface area contributed by atoms with Gasteiger partial charge in [-0.2, -0.15) is 5.10 Å². The van der Waals surface area contributed by atoms with Crippen molar-refractivity contribution < 1.29 is 9.84 Å². The van der Waals surface area contributed by atoms with E-state index in [-0.39, 0.29) is 6.61 Å². The topological polar surface area (TPSA) is 47.3 Å². The molecule has 1 aromatic heterocycles. The lowest BCUT2D eigenvalue weighted by Gasteiger charge is -2.15. The minimum Gasteiger partial charge on any atom is -0.396 e. The van der Waals surface area contributed by atoms with Crippen LogP contribution in [0.5, 0.6) is 0 Å². The van der Waals surface area contributed by atoms with Gasteiger partial charge in [0.25, 0.3) is 0 Å². The molecule has 1 N–H and O–H groups in total. The smallest absolute Gasteiger partial charge is 0.139 e. The molecule has 2 rings (SSSR count). The molecule has 0 fully saturated rings. The average Bonchev–Trinajstić information content (AvgIpc) is 2.89. The SMILES string of the molecule is C[Si](C)(C)CCOCn1ncc2c(Br)c(CCCCO)c(Cl)cc21. The molecule has 4 nitrogen and oxygen atoms in total. The first kappa shape index (κ1) is 19.9. The molecule has 0 saturated heterocycles. The van der Waals surface area contributed by atoms with E-state index >= 15 is 0 Å². The molecule has 0 radical (unpaired) electrons. The van der Waals surface area contributed by atoms with Crippen molar-refractivity contribution in [3.63, 3.8) is 0 Å². The van der Waals surface area contributed by atoms with E-state index in [0.29, 0.717) is 6.73 Å². The summed E-state index contributed by atoms with van der Waals surface area (Å²) in [5.41, 5.74) is 2.06. The Hall–Kier alpha value is -0.403. The number of hydrogen-bond acceptors (Lipinski definition) is 3. The minimum atomic E-state index is -1.08. The Bertz CT molecular complexity index is 685. The van der Waals surface area contributed by atoms with Crippen LogP contribution in [0.15, 0.2) is 16.7 Å². The van der Waals surface area contributed by atoms with Crippen LogP contribution in [0.25, 0.3) is 10.9 Å². The molecule has 7 heteroatoms. The third-order valence-electron chi connectivity index (χ3n) is 3.98. The van der Waals surface area contributed by atoms with Gasteiger partial charge in [-0.25, -0.2) is 4.68 Å². The van der Waals surface area contributed by atoms with Crippen molar-refractivity contribution in [1.29, 1.82) is 0 Å². The summed E-state index contributed by atoms with van der Waals surface area (Å²) in [7, 11) is -1.08. The van der Waals surface area contributed by atoms with E-state index in [1.165, 1.54) is 0 Å². The van der Waals surface area contributed by atoms with Gasteiger partial charge in [-0.3, -0.25) is 0 Å². The summed E-state index contributed by atoms with van der Waals surface area (Å²) >= 11 is 10.1. The van der Waals surface area contributed by atoms with Crippen LogP contribution in [0.3, 0.4) is 0 Å². The minimum absolute atomic E-state index is 0.212. The molecule has 1 aromatic carbocycles. The molecule has 0 spiro atoms. The summed E-state index contributed by atoms with van der Waals surface area (Å²) in [5, 5.41) is 15.2. The predicted molar refractivity (Wildman–Crippen MR) is 107 cm³/mol. The van der Waals surface area contributed by atoms with Crippen LogP contribution in [0.1, 0.15) is 18.4 Å². The van der Waals surface area contributed by atoms with Crippen LogP contribution in [-0.2, 0) is 17.9 Å². The lowest BCUT2D eigenvalue weighted by Crippen LogP contribution is -2.22. The summed E-state index contributed by atoms with van der Waals surface area (Å²) in [5.74, 6) is 0. The normalized spacial score (nSPS) is 12.2. The number of unbranched alkanes of at least 4 members (excludes halogenated alkanes) is 1. The molecule has 0 aliphatic carbocycles. The van der Waals surface area contributed by atoms with Gasteiger partial charge in [-0.1, -0.05) is 31.2 Å². The highest BCUT2D eigenvalue weighted by molar-refractivity contribution is 9.10. The quantitative estimate of drug-likeness (QED) is 0.443. The maximum absolute atomic E-state index is 8.94. The molecule has 0 aliphatic heterocycles. The summed E-state index contributed by atoms with van der Waals surface area (Å²) in [6, 6.07) is 3.11. The standard InChI is InChI=1S/C17H26BrClN2O2Si/c1-24(2,3)9-8-23-12-21-16-10-15(19)13(6-4-5-7-22)17(18)14(16)11-20-21/h10-11,22H,4-9,12H2,1-3H3. The molecule has 2 aromatic rings. The number of nitrogens with zero attached hydrogens (tertiary/aromatic N) is 2. The zero-order valence-electron chi connectivity index (χ0n) is 14.6. The number of fused-ring (bicyclic) bond motifs is 1. The molecule has 0 amide bonds. The Morgan fingerprint density at radius 2 is 2.08 bits per heavy atom. The monoisotopic (exact) mass is 432 g/mol. The molecule has 24 heavy (non-hydrogen) atoms. The van der Waals surface area contributed by atoms with Crippen LogP contribution in [0, 0.1) is 0 Å². The molecule has 0 unspecified atom stereocenters. The summed E-state index contributed by atoms with van der Waals surface area (Å²) in [6.07, 6.45) is 4.39. The van der Waals surface area contributed by atoms with E-state index < -0.39 is 8.07 Å². The van der Waals surface area contributed by atoms with Gasteiger partial charge >= 0.3 is 0 Å². The first-order valence-corrected chi connectivity index (χ1v) is 13.2. The van der Waals surface area contributed by atoms with Gasteiger partial charge < -0.3 is 9.84 Å². The van der Waals surface area contributed by atoms with E-state index in [1.54, 1.807) is 0 Å². The third-order valence-corrected chi connectivity index (χ3v) is 6.93. The fourth-order valence-electron chi connectivity index (χ4n) is 2.47. The van der Waals surface area contributed by atoms with Crippen molar-refractivity contribution in [2.45, 2.75) is 51.7 Å². The predicted octanol–water partition coefficient (Wildman–Crippen LogP) is 5.08. The van der Waals surface area contributed by atoms with Crippen molar-refractivity contribution in [2.75, 3.05) is 13.2 Å². The lowest BCUT2D eigenvalue weighted by molar-refractivity contribution is 0.0817. The second-order valence-corrected chi connectivity index (χ2v) is 14.1. The van der Waals surface area contributed by atoms with Crippen LogP contribution in [0.4, 0.5) is 0 Å². The summed E-state index contributed by atoms with van der Waals surface area (Å²) in [4.78, 5) is 0. The Morgan fingerprint density at radius 3 is 2.75 bits per heavy atom. The number of ether oxygens (including phenoxy) is 1. The number of aliphatic hydroxyl groups excluding tert-OH is 1. The van der Waals surface area contributed by atoms with Gasteiger partial charge in [0, 0.05) is 36.2 Å². The van der Waals surface area contributed by atoms with E-state index in [0.717, 1.165) is 57.9 Å². The Morgan fingerprint density at radius 1 is 1.33 bits per heavy atom. The highest BCUT2D eigenvalue weighted by Crippen LogP contribution is 2.34. The van der Waals surface area contributed by atoms with Gasteiger partial charge in [0.15, 0.2) is 0 Å². The van der Waals surface area contributed by atoms with Gasteiger partial charge in [-0.05, 0) is 52.9 Å². The van der Waals surface area contributed by atoms with E-state index in [9.17, 15) is 0 Å². The highest BCUT2D eigenvalue weighted by atomic mass is 79.9. The fraction of sp³-hybridized carbons (Fsp3) is 0.588. The second kappa shape index (κ2) is 8.81. The maximum Gasteiger partial charge on any atom is 0.139 e. The molecular formula is C17H26BrClN2O2Si. The molecule has 0 saturated carbocycles. The Kier molecular flexibility index (Phi) is 7.31. The lowest BCUT2D eigenvalue weighted by atomic mass is 10.1. The summed E-state index contributed by atoms with van der Waals surface area (Å²) < 4.78 is 8.65. The van der Waals surface area contributed by atoms with Crippen molar-refractivity contribution in [2.24, 2.45) is 0 Å². The molecule has 0 aliphatic rings. The van der Waals surface area contributed by atoms with Crippen LogP contribution >= 0.6 is 27.5 Å². The Labute approximate surface area is 158 Å². The van der Waals surface area contributed by atoms with Crippen molar-refractivity contribution >= 4 is 46.5 Å². The largest absolute Gasteiger partial charge is 0.396 e. The molecule has 1 heterocycles. The Balaban J connectivity index is 2.11. The van der Waals surface area contributed by atoms with Crippen LogP contribution in [-0.4, -0.2) is 36.2 Å². The van der Waals surface area contributed by atoms with Gasteiger partial charge in [-0.15, -0.1) is 0 Å². The number of halogens is 2. The molecular weight excluding hydrogens is 408 g/mol. The van der Waals surface area contributed by atoms with Crippen molar-refractivity contribution in [3.8, 4) is 0 Å². The zero-order chi connectivity index (χ0) is 17.7. The van der Waals surface area contributed by atoms with Crippen molar-refractivity contribution in [1.82, 2.24) is 9.78 Å². The number of hydrogen-bond donors (Lipinski definition) is 1. The molecule has 134 valence electrons.